The predicted molar refractivity (Wildman–Crippen MR) is 127 cm³/mol. The van der Waals surface area contributed by atoms with E-state index in [2.05, 4.69) is 10.6 Å². The van der Waals surface area contributed by atoms with E-state index in [-0.39, 0.29) is 54.9 Å². The zero-order valence-corrected chi connectivity index (χ0v) is 20.4. The molecule has 1 aromatic carbocycles. The van der Waals surface area contributed by atoms with Crippen molar-refractivity contribution in [1.29, 1.82) is 0 Å². The van der Waals surface area contributed by atoms with Crippen molar-refractivity contribution in [2.45, 2.75) is 50.4 Å². The van der Waals surface area contributed by atoms with Gasteiger partial charge in [-0.15, -0.1) is 0 Å². The molecule has 1 aromatic rings. The van der Waals surface area contributed by atoms with Gasteiger partial charge in [-0.3, -0.25) is 14.4 Å². The Hall–Kier alpha value is -2.69. The van der Waals surface area contributed by atoms with Crippen molar-refractivity contribution in [3.05, 3.63) is 23.8 Å². The lowest BCUT2D eigenvalue weighted by Gasteiger charge is -2.42. The molecule has 2 N–H and O–H groups in total. The maximum absolute atomic E-state index is 13.4. The van der Waals surface area contributed by atoms with Gasteiger partial charge in [-0.25, -0.2) is 0 Å². The van der Waals surface area contributed by atoms with Crippen LogP contribution in [0.25, 0.3) is 0 Å². The molecule has 2 fully saturated rings. The van der Waals surface area contributed by atoms with Crippen molar-refractivity contribution in [2.24, 2.45) is 5.92 Å². The third-order valence-electron chi connectivity index (χ3n) is 6.91. The van der Waals surface area contributed by atoms with Crippen LogP contribution in [0.1, 0.15) is 42.5 Å². The summed E-state index contributed by atoms with van der Waals surface area (Å²) in [4.78, 5) is 39.9. The topological polar surface area (TPSA) is 115 Å². The summed E-state index contributed by atoms with van der Waals surface area (Å²) >= 11 is 0. The van der Waals surface area contributed by atoms with Gasteiger partial charge < -0.3 is 34.5 Å². The van der Waals surface area contributed by atoms with E-state index >= 15 is 0 Å². The second-order valence-electron chi connectivity index (χ2n) is 9.30. The first-order valence-electron chi connectivity index (χ1n) is 12.3. The lowest BCUT2D eigenvalue weighted by atomic mass is 9.94. The molecular weight excluding hydrogens is 454 g/mol. The van der Waals surface area contributed by atoms with E-state index in [1.54, 1.807) is 37.3 Å². The van der Waals surface area contributed by atoms with Crippen LogP contribution in [0.5, 0.6) is 5.75 Å². The number of hydrogen-bond acceptors (Lipinski definition) is 7. The second kappa shape index (κ2) is 11.8. The third kappa shape index (κ3) is 6.31. The number of carbonyl (C=O) groups excluding carboxylic acids is 3. The summed E-state index contributed by atoms with van der Waals surface area (Å²) in [5, 5.41) is 5.76. The standard InChI is InChI=1S/C25H35N3O7/c1-28-20-5-4-18(14-23(29)26-9-12-32-2)35-22(20)15-34-21-6-3-17(13-19(21)25(28)31)27-24(30)16-7-10-33-11-8-16/h3,6,13,16,18,20,22H,4-5,7-12,14-15H2,1-2H3,(H,26,29)(H,27,30)/t18-,20+,22+/m0/s1. The number of benzene rings is 1. The van der Waals surface area contributed by atoms with E-state index in [1.807, 2.05) is 0 Å². The highest BCUT2D eigenvalue weighted by atomic mass is 16.5. The van der Waals surface area contributed by atoms with Crippen LogP contribution in [0, 0.1) is 5.92 Å². The fraction of sp³-hybridized carbons (Fsp3) is 0.640. The number of amides is 3. The van der Waals surface area contributed by atoms with E-state index < -0.39 is 0 Å². The highest BCUT2D eigenvalue weighted by Crippen LogP contribution is 2.32. The highest BCUT2D eigenvalue weighted by Gasteiger charge is 2.39. The van der Waals surface area contributed by atoms with Gasteiger partial charge in [0, 0.05) is 45.5 Å². The summed E-state index contributed by atoms with van der Waals surface area (Å²) < 4.78 is 22.5. The van der Waals surface area contributed by atoms with Crippen molar-refractivity contribution < 1.29 is 33.3 Å². The summed E-state index contributed by atoms with van der Waals surface area (Å²) in [6.07, 6.45) is 2.47. The smallest absolute Gasteiger partial charge is 0.257 e. The van der Waals surface area contributed by atoms with Gasteiger partial charge in [0.2, 0.25) is 11.8 Å². The van der Waals surface area contributed by atoms with Crippen molar-refractivity contribution in [3.8, 4) is 5.75 Å². The molecule has 192 valence electrons. The molecule has 0 aromatic heterocycles. The van der Waals surface area contributed by atoms with Gasteiger partial charge in [0.05, 0.1) is 30.7 Å². The van der Waals surface area contributed by atoms with Crippen LogP contribution in [0.15, 0.2) is 18.2 Å². The van der Waals surface area contributed by atoms with Gasteiger partial charge in [-0.2, -0.15) is 0 Å². The molecule has 3 amide bonds. The van der Waals surface area contributed by atoms with Gasteiger partial charge >= 0.3 is 0 Å². The number of hydrogen-bond donors (Lipinski definition) is 2. The van der Waals surface area contributed by atoms with E-state index in [0.717, 1.165) is 0 Å². The molecule has 3 heterocycles. The van der Waals surface area contributed by atoms with Gasteiger partial charge in [0.25, 0.3) is 5.91 Å². The molecule has 2 saturated heterocycles. The zero-order valence-electron chi connectivity index (χ0n) is 20.4. The Morgan fingerprint density at radius 2 is 1.97 bits per heavy atom. The lowest BCUT2D eigenvalue weighted by molar-refractivity contribution is -0.134. The zero-order chi connectivity index (χ0) is 24.8. The average Bonchev–Trinajstić information content (AvgIpc) is 2.87. The van der Waals surface area contributed by atoms with Crippen LogP contribution in [0.3, 0.4) is 0 Å². The second-order valence-corrected chi connectivity index (χ2v) is 9.30. The molecule has 10 heteroatoms. The molecule has 0 spiro atoms. The minimum atomic E-state index is -0.337. The van der Waals surface area contributed by atoms with Gasteiger partial charge in [0.15, 0.2) is 0 Å². The summed E-state index contributed by atoms with van der Waals surface area (Å²) in [6.45, 7) is 2.36. The number of nitrogens with zero attached hydrogens (tertiary/aromatic N) is 1. The quantitative estimate of drug-likeness (QED) is 0.559. The normalized spacial score (nSPS) is 24.9. The van der Waals surface area contributed by atoms with Crippen LogP contribution >= 0.6 is 0 Å². The minimum Gasteiger partial charge on any atom is -0.490 e. The Kier molecular flexibility index (Phi) is 8.59. The Morgan fingerprint density at radius 3 is 2.74 bits per heavy atom. The fourth-order valence-corrected chi connectivity index (χ4v) is 4.88. The van der Waals surface area contributed by atoms with Gasteiger partial charge in [0.1, 0.15) is 18.5 Å². The molecule has 0 aliphatic carbocycles. The van der Waals surface area contributed by atoms with E-state index in [9.17, 15) is 14.4 Å². The number of fused-ring (bicyclic) bond motifs is 2. The van der Waals surface area contributed by atoms with Crippen LogP contribution < -0.4 is 15.4 Å². The first-order valence-corrected chi connectivity index (χ1v) is 12.3. The molecule has 3 aliphatic heterocycles. The maximum Gasteiger partial charge on any atom is 0.257 e. The van der Waals surface area contributed by atoms with Crippen molar-refractivity contribution >= 4 is 23.4 Å². The van der Waals surface area contributed by atoms with Crippen LogP contribution in [-0.2, 0) is 23.8 Å². The molecule has 3 atom stereocenters. The Bertz CT molecular complexity index is 918. The van der Waals surface area contributed by atoms with Gasteiger partial charge in [-0.05, 0) is 43.9 Å². The Labute approximate surface area is 205 Å². The molecule has 0 unspecified atom stereocenters. The Morgan fingerprint density at radius 1 is 1.17 bits per heavy atom. The molecule has 0 saturated carbocycles. The Balaban J connectivity index is 1.40. The van der Waals surface area contributed by atoms with Crippen LogP contribution in [0.2, 0.25) is 0 Å². The minimum absolute atomic E-state index is 0.0566. The molecule has 10 nitrogen and oxygen atoms in total. The predicted octanol–water partition coefficient (Wildman–Crippen LogP) is 1.59. The summed E-state index contributed by atoms with van der Waals surface area (Å²) in [6, 6.07) is 4.98. The third-order valence-corrected chi connectivity index (χ3v) is 6.91. The number of nitrogens with one attached hydrogen (secondary N) is 2. The maximum atomic E-state index is 13.4. The molecule has 4 rings (SSSR count). The summed E-state index contributed by atoms with van der Waals surface area (Å²) in [5.41, 5.74) is 0.984. The van der Waals surface area contributed by atoms with Gasteiger partial charge in [-0.1, -0.05) is 0 Å². The number of anilines is 1. The SMILES string of the molecule is COCCNC(=O)C[C@@H]1CC[C@@H]2[C@@H](COc3ccc(NC(=O)C4CCOCC4)cc3C(=O)N2C)O1. The number of methoxy groups -OCH3 is 1. The number of likely N-dealkylation sites (N-methyl/N-ethyl adjacent to an activating group) is 1. The average molecular weight is 490 g/mol. The van der Waals surface area contributed by atoms with Crippen molar-refractivity contribution in [2.75, 3.05) is 52.4 Å². The molecular formula is C25H35N3O7. The van der Waals surface area contributed by atoms with E-state index in [4.69, 9.17) is 18.9 Å². The number of rotatable bonds is 7. The first-order chi connectivity index (χ1) is 17.0. The van der Waals surface area contributed by atoms with E-state index in [0.29, 0.717) is 69.0 Å². The fourth-order valence-electron chi connectivity index (χ4n) is 4.88. The first kappa shape index (κ1) is 25.4. The highest BCUT2D eigenvalue weighted by molar-refractivity contribution is 6.00. The lowest BCUT2D eigenvalue weighted by Crippen LogP contribution is -2.54. The molecule has 35 heavy (non-hydrogen) atoms. The summed E-state index contributed by atoms with van der Waals surface area (Å²) in [5.74, 6) is 0.0420. The van der Waals surface area contributed by atoms with Crippen molar-refractivity contribution in [1.82, 2.24) is 10.2 Å². The van der Waals surface area contributed by atoms with Crippen LogP contribution in [0.4, 0.5) is 5.69 Å². The number of ether oxygens (including phenoxy) is 4. The van der Waals surface area contributed by atoms with Crippen molar-refractivity contribution in [3.63, 3.8) is 0 Å². The largest absolute Gasteiger partial charge is 0.490 e. The monoisotopic (exact) mass is 489 g/mol. The molecule has 3 aliphatic rings. The summed E-state index contributed by atoms with van der Waals surface area (Å²) in [7, 11) is 3.36. The van der Waals surface area contributed by atoms with E-state index in [1.165, 1.54) is 0 Å². The van der Waals surface area contributed by atoms with Crippen LogP contribution in [-0.4, -0.2) is 88.0 Å². The number of carbonyl (C=O) groups is 3. The molecule has 0 bridgehead atoms. The molecule has 0 radical (unpaired) electrons.